The fraction of sp³-hybridized carbons (Fsp3) is 0.429. The third-order valence-electron chi connectivity index (χ3n) is 1.25. The third kappa shape index (κ3) is 1.58. The fourth-order valence-corrected chi connectivity index (χ4v) is 0.792. The summed E-state index contributed by atoms with van der Waals surface area (Å²) in [4.78, 5) is 14.1. The van der Waals surface area contributed by atoms with Crippen molar-refractivity contribution in [2.24, 2.45) is 7.05 Å². The minimum atomic E-state index is 0.399. The summed E-state index contributed by atoms with van der Waals surface area (Å²) in [6, 6.07) is 0.481. The maximum Gasteiger partial charge on any atom is 0.296 e. The standard InChI is InChI=1S/C7H10N2O2/c1-3-11-7-8-6(5-10)4-9(7)2/h4-5H,3H2,1-2H3. The Bertz CT molecular complexity index is 255. The first-order valence-corrected chi connectivity index (χ1v) is 3.39. The molecule has 0 saturated heterocycles. The second-order valence-corrected chi connectivity index (χ2v) is 2.11. The number of hydrogen-bond acceptors (Lipinski definition) is 3. The summed E-state index contributed by atoms with van der Waals surface area (Å²) >= 11 is 0. The second-order valence-electron chi connectivity index (χ2n) is 2.11. The van der Waals surface area contributed by atoms with Crippen molar-refractivity contribution in [2.75, 3.05) is 6.61 Å². The highest BCUT2D eigenvalue weighted by Gasteiger charge is 2.03. The molecule has 0 aromatic carbocycles. The largest absolute Gasteiger partial charge is 0.465 e. The highest BCUT2D eigenvalue weighted by atomic mass is 16.5. The molecule has 0 aliphatic heterocycles. The zero-order chi connectivity index (χ0) is 8.27. The Balaban J connectivity index is 2.87. The molecule has 0 aliphatic carbocycles. The normalized spacial score (nSPS) is 9.64. The van der Waals surface area contributed by atoms with E-state index in [-0.39, 0.29) is 0 Å². The molecule has 60 valence electrons. The number of hydrogen-bond donors (Lipinski definition) is 0. The SMILES string of the molecule is CCOc1nc(C=O)cn1C. The Kier molecular flexibility index (Phi) is 2.25. The van der Waals surface area contributed by atoms with Crippen LogP contribution in [0.4, 0.5) is 0 Å². The van der Waals surface area contributed by atoms with E-state index >= 15 is 0 Å². The number of aryl methyl sites for hydroxylation is 1. The molecule has 0 amide bonds. The lowest BCUT2D eigenvalue weighted by molar-refractivity contribution is 0.111. The van der Waals surface area contributed by atoms with Crippen LogP contribution in [0, 0.1) is 0 Å². The summed E-state index contributed by atoms with van der Waals surface area (Å²) in [6.07, 6.45) is 2.32. The molecule has 4 nitrogen and oxygen atoms in total. The lowest BCUT2D eigenvalue weighted by atomic mass is 10.5. The van der Waals surface area contributed by atoms with Crippen molar-refractivity contribution in [1.29, 1.82) is 0 Å². The molecule has 1 heterocycles. The van der Waals surface area contributed by atoms with Gasteiger partial charge in [0.05, 0.1) is 6.61 Å². The molecule has 1 aromatic heterocycles. The predicted octanol–water partition coefficient (Wildman–Crippen LogP) is 0.631. The van der Waals surface area contributed by atoms with Gasteiger partial charge in [0.15, 0.2) is 6.29 Å². The summed E-state index contributed by atoms with van der Waals surface area (Å²) in [5, 5.41) is 0. The number of ether oxygens (including phenoxy) is 1. The number of rotatable bonds is 3. The molecule has 0 saturated carbocycles. The van der Waals surface area contributed by atoms with Crippen LogP contribution in [0.2, 0.25) is 0 Å². The smallest absolute Gasteiger partial charge is 0.296 e. The molecule has 0 radical (unpaired) electrons. The Labute approximate surface area is 64.8 Å². The van der Waals surface area contributed by atoms with Gasteiger partial charge in [0.2, 0.25) is 0 Å². The van der Waals surface area contributed by atoms with E-state index in [1.165, 1.54) is 0 Å². The average Bonchev–Trinajstić information content (AvgIpc) is 2.33. The fourth-order valence-electron chi connectivity index (χ4n) is 0.792. The highest BCUT2D eigenvalue weighted by Crippen LogP contribution is 2.06. The second kappa shape index (κ2) is 3.18. The Morgan fingerprint density at radius 2 is 2.55 bits per heavy atom. The number of imidazole rings is 1. The molecule has 0 aliphatic rings. The Morgan fingerprint density at radius 3 is 3.00 bits per heavy atom. The van der Waals surface area contributed by atoms with Gasteiger partial charge in [0.25, 0.3) is 6.01 Å². The molecule has 0 fully saturated rings. The zero-order valence-electron chi connectivity index (χ0n) is 6.57. The van der Waals surface area contributed by atoms with E-state index in [0.29, 0.717) is 24.6 Å². The van der Waals surface area contributed by atoms with Crippen LogP contribution in [-0.4, -0.2) is 22.4 Å². The Morgan fingerprint density at radius 1 is 1.82 bits per heavy atom. The van der Waals surface area contributed by atoms with E-state index in [0.717, 1.165) is 0 Å². The van der Waals surface area contributed by atoms with Gasteiger partial charge in [-0.1, -0.05) is 0 Å². The first-order valence-electron chi connectivity index (χ1n) is 3.39. The molecular formula is C7H10N2O2. The number of nitrogens with zero attached hydrogens (tertiary/aromatic N) is 2. The van der Waals surface area contributed by atoms with Gasteiger partial charge in [0.1, 0.15) is 5.69 Å². The van der Waals surface area contributed by atoms with Crippen LogP contribution >= 0.6 is 0 Å². The molecule has 1 aromatic rings. The molecule has 0 atom stereocenters. The van der Waals surface area contributed by atoms with Crippen molar-refractivity contribution >= 4 is 6.29 Å². The predicted molar refractivity (Wildman–Crippen MR) is 39.8 cm³/mol. The van der Waals surface area contributed by atoms with Crippen molar-refractivity contribution < 1.29 is 9.53 Å². The number of carbonyl (C=O) groups is 1. The van der Waals surface area contributed by atoms with Gasteiger partial charge in [-0.15, -0.1) is 0 Å². The maximum absolute atomic E-state index is 10.2. The van der Waals surface area contributed by atoms with E-state index in [1.54, 1.807) is 17.8 Å². The number of carbonyl (C=O) groups excluding carboxylic acids is 1. The van der Waals surface area contributed by atoms with Crippen molar-refractivity contribution in [3.8, 4) is 6.01 Å². The lowest BCUT2D eigenvalue weighted by Crippen LogP contribution is -1.98. The van der Waals surface area contributed by atoms with Crippen molar-refractivity contribution in [1.82, 2.24) is 9.55 Å². The summed E-state index contributed by atoms with van der Waals surface area (Å²) in [5.74, 6) is 0. The molecule has 0 spiro atoms. The first-order chi connectivity index (χ1) is 5.27. The molecule has 0 bridgehead atoms. The molecule has 4 heteroatoms. The molecular weight excluding hydrogens is 144 g/mol. The molecule has 1 rings (SSSR count). The molecule has 0 unspecified atom stereocenters. The van der Waals surface area contributed by atoms with Crippen LogP contribution in [0.3, 0.4) is 0 Å². The Hall–Kier alpha value is -1.32. The van der Waals surface area contributed by atoms with E-state index in [4.69, 9.17) is 4.74 Å². The summed E-state index contributed by atoms with van der Waals surface area (Å²) < 4.78 is 6.79. The van der Waals surface area contributed by atoms with Crippen LogP contribution in [0.1, 0.15) is 17.4 Å². The van der Waals surface area contributed by atoms with E-state index in [9.17, 15) is 4.79 Å². The quantitative estimate of drug-likeness (QED) is 0.600. The van der Waals surface area contributed by atoms with Gasteiger partial charge in [-0.05, 0) is 6.92 Å². The van der Waals surface area contributed by atoms with Crippen LogP contribution < -0.4 is 4.74 Å². The van der Waals surface area contributed by atoms with E-state index in [1.807, 2.05) is 6.92 Å². The van der Waals surface area contributed by atoms with Crippen LogP contribution in [0.5, 0.6) is 6.01 Å². The van der Waals surface area contributed by atoms with Gasteiger partial charge in [-0.2, -0.15) is 4.98 Å². The van der Waals surface area contributed by atoms with Crippen LogP contribution in [0.15, 0.2) is 6.20 Å². The van der Waals surface area contributed by atoms with Gasteiger partial charge in [-0.3, -0.25) is 4.79 Å². The average molecular weight is 154 g/mol. The van der Waals surface area contributed by atoms with Gasteiger partial charge in [-0.25, -0.2) is 0 Å². The minimum Gasteiger partial charge on any atom is -0.465 e. The lowest BCUT2D eigenvalue weighted by Gasteiger charge is -1.99. The maximum atomic E-state index is 10.2. The molecule has 0 N–H and O–H groups in total. The summed E-state index contributed by atoms with van der Waals surface area (Å²) in [7, 11) is 1.78. The van der Waals surface area contributed by atoms with Gasteiger partial charge < -0.3 is 9.30 Å². The van der Waals surface area contributed by atoms with Crippen LogP contribution in [-0.2, 0) is 7.05 Å². The van der Waals surface area contributed by atoms with Crippen molar-refractivity contribution in [3.63, 3.8) is 0 Å². The van der Waals surface area contributed by atoms with Gasteiger partial charge >= 0.3 is 0 Å². The van der Waals surface area contributed by atoms with E-state index < -0.39 is 0 Å². The van der Waals surface area contributed by atoms with E-state index in [2.05, 4.69) is 4.98 Å². The van der Waals surface area contributed by atoms with Crippen LogP contribution in [0.25, 0.3) is 0 Å². The molecule has 11 heavy (non-hydrogen) atoms. The summed E-state index contributed by atoms with van der Waals surface area (Å²) in [5.41, 5.74) is 0.399. The zero-order valence-corrected chi connectivity index (χ0v) is 6.57. The monoisotopic (exact) mass is 154 g/mol. The van der Waals surface area contributed by atoms with Gasteiger partial charge in [0, 0.05) is 13.2 Å². The highest BCUT2D eigenvalue weighted by molar-refractivity contribution is 5.71. The summed E-state index contributed by atoms with van der Waals surface area (Å²) in [6.45, 7) is 2.43. The third-order valence-corrected chi connectivity index (χ3v) is 1.25. The topological polar surface area (TPSA) is 44.1 Å². The minimum absolute atomic E-state index is 0.399. The number of aldehydes is 1. The number of aromatic nitrogens is 2. The van der Waals surface area contributed by atoms with Crippen molar-refractivity contribution in [3.05, 3.63) is 11.9 Å². The first kappa shape index (κ1) is 7.78. The van der Waals surface area contributed by atoms with Crippen molar-refractivity contribution in [2.45, 2.75) is 6.92 Å².